The number of morpholine rings is 1. The Morgan fingerprint density at radius 2 is 1.96 bits per heavy atom. The van der Waals surface area contributed by atoms with E-state index in [0.29, 0.717) is 19.7 Å². The number of hydrogen-bond acceptors (Lipinski definition) is 3. The highest BCUT2D eigenvalue weighted by Crippen LogP contribution is 2.30. The van der Waals surface area contributed by atoms with Crippen LogP contribution in [0.2, 0.25) is 0 Å². The number of para-hydroxylation sites is 1. The average Bonchev–Trinajstić information content (AvgIpc) is 3.13. The molecule has 0 saturated carbocycles. The van der Waals surface area contributed by atoms with Crippen molar-refractivity contribution < 1.29 is 9.53 Å². The lowest BCUT2D eigenvalue weighted by Gasteiger charge is -2.30. The van der Waals surface area contributed by atoms with Crippen molar-refractivity contribution in [2.24, 2.45) is 0 Å². The summed E-state index contributed by atoms with van der Waals surface area (Å²) in [6, 6.07) is 18.3. The Morgan fingerprint density at radius 3 is 2.78 bits per heavy atom. The van der Waals surface area contributed by atoms with Gasteiger partial charge in [-0.1, -0.05) is 48.5 Å². The summed E-state index contributed by atoms with van der Waals surface area (Å²) in [6.07, 6.45) is 1.93. The molecule has 3 N–H and O–H groups in total. The van der Waals surface area contributed by atoms with Crippen LogP contribution in [0.1, 0.15) is 24.0 Å². The first-order chi connectivity index (χ1) is 13.2. The first-order valence-electron chi connectivity index (χ1n) is 9.47. The van der Waals surface area contributed by atoms with E-state index < -0.39 is 0 Å². The van der Waals surface area contributed by atoms with E-state index >= 15 is 0 Å². The van der Waals surface area contributed by atoms with Gasteiger partial charge >= 0.3 is 0 Å². The molecule has 4 rings (SSSR count). The second kappa shape index (κ2) is 7.94. The zero-order valence-corrected chi connectivity index (χ0v) is 15.4. The summed E-state index contributed by atoms with van der Waals surface area (Å²) in [4.78, 5) is 16.1. The fraction of sp³-hybridized carbons (Fsp3) is 0.318. The first kappa shape index (κ1) is 17.8. The topological polar surface area (TPSA) is 66.2 Å². The number of carbonyl (C=O) groups excluding carboxylic acids is 1. The molecule has 5 nitrogen and oxygen atoms in total. The van der Waals surface area contributed by atoms with Gasteiger partial charge in [-0.25, -0.2) is 0 Å². The zero-order valence-electron chi connectivity index (χ0n) is 15.4. The van der Waals surface area contributed by atoms with E-state index in [9.17, 15) is 4.79 Å². The molecule has 1 fully saturated rings. The van der Waals surface area contributed by atoms with Crippen LogP contribution in [-0.2, 0) is 9.53 Å². The van der Waals surface area contributed by atoms with Gasteiger partial charge in [-0.3, -0.25) is 4.79 Å². The van der Waals surface area contributed by atoms with Crippen molar-refractivity contribution in [3.05, 3.63) is 71.9 Å². The summed E-state index contributed by atoms with van der Waals surface area (Å²) in [5, 5.41) is 7.58. The van der Waals surface area contributed by atoms with Crippen molar-refractivity contribution in [2.45, 2.75) is 25.0 Å². The van der Waals surface area contributed by atoms with Gasteiger partial charge in [0, 0.05) is 36.1 Å². The second-order valence-electron chi connectivity index (χ2n) is 7.01. The lowest BCUT2D eigenvalue weighted by Crippen LogP contribution is -2.55. The SMILES string of the molecule is C[C@H]1OCCN[C@@H]1C(=O)NCC(c1ccccc1)c1c[nH]c2ccccc12. The number of nitrogens with one attached hydrogen (secondary N) is 3. The summed E-state index contributed by atoms with van der Waals surface area (Å²) in [6.45, 7) is 3.82. The fourth-order valence-electron chi connectivity index (χ4n) is 3.81. The van der Waals surface area contributed by atoms with Crippen LogP contribution >= 0.6 is 0 Å². The van der Waals surface area contributed by atoms with Gasteiger partial charge in [-0.05, 0) is 24.1 Å². The van der Waals surface area contributed by atoms with Crippen LogP contribution in [0, 0.1) is 0 Å². The fourth-order valence-corrected chi connectivity index (χ4v) is 3.81. The van der Waals surface area contributed by atoms with Crippen LogP contribution in [-0.4, -0.2) is 42.7 Å². The molecule has 140 valence electrons. The van der Waals surface area contributed by atoms with E-state index in [1.54, 1.807) is 0 Å². The lowest BCUT2D eigenvalue weighted by molar-refractivity contribution is -0.128. The van der Waals surface area contributed by atoms with Gasteiger partial charge in [-0.2, -0.15) is 0 Å². The molecular formula is C22H25N3O2. The molecule has 0 spiro atoms. The molecule has 1 amide bonds. The Bertz CT molecular complexity index is 906. The highest BCUT2D eigenvalue weighted by Gasteiger charge is 2.29. The molecular weight excluding hydrogens is 338 g/mol. The molecule has 0 bridgehead atoms. The van der Waals surface area contributed by atoms with Crippen molar-refractivity contribution in [3.63, 3.8) is 0 Å². The number of fused-ring (bicyclic) bond motifs is 1. The normalized spacial score (nSPS) is 21.1. The third kappa shape index (κ3) is 3.75. The number of aromatic amines is 1. The summed E-state index contributed by atoms with van der Waals surface area (Å²) in [7, 11) is 0. The van der Waals surface area contributed by atoms with E-state index in [2.05, 4.69) is 46.1 Å². The van der Waals surface area contributed by atoms with Gasteiger partial charge in [-0.15, -0.1) is 0 Å². The Hall–Kier alpha value is -2.63. The zero-order chi connectivity index (χ0) is 18.6. The number of carbonyl (C=O) groups is 1. The van der Waals surface area contributed by atoms with E-state index in [4.69, 9.17) is 4.74 Å². The lowest BCUT2D eigenvalue weighted by atomic mass is 9.90. The van der Waals surface area contributed by atoms with Crippen molar-refractivity contribution >= 4 is 16.8 Å². The molecule has 1 aliphatic rings. The molecule has 1 aromatic heterocycles. The maximum absolute atomic E-state index is 12.7. The van der Waals surface area contributed by atoms with Gasteiger partial charge in [0.15, 0.2) is 0 Å². The monoisotopic (exact) mass is 363 g/mol. The van der Waals surface area contributed by atoms with Crippen LogP contribution in [0.25, 0.3) is 10.9 Å². The van der Waals surface area contributed by atoms with Crippen molar-refractivity contribution in [3.8, 4) is 0 Å². The molecule has 27 heavy (non-hydrogen) atoms. The van der Waals surface area contributed by atoms with E-state index in [1.165, 1.54) is 16.5 Å². The third-order valence-corrected chi connectivity index (χ3v) is 5.28. The van der Waals surface area contributed by atoms with Crippen LogP contribution < -0.4 is 10.6 Å². The molecule has 2 heterocycles. The molecule has 3 aromatic rings. The molecule has 5 heteroatoms. The van der Waals surface area contributed by atoms with E-state index in [0.717, 1.165) is 5.52 Å². The minimum Gasteiger partial charge on any atom is -0.375 e. The summed E-state index contributed by atoms with van der Waals surface area (Å²) < 4.78 is 5.60. The molecule has 1 saturated heterocycles. The molecule has 3 atom stereocenters. The number of hydrogen-bond donors (Lipinski definition) is 3. The molecule has 0 radical (unpaired) electrons. The smallest absolute Gasteiger partial charge is 0.239 e. The van der Waals surface area contributed by atoms with Crippen molar-refractivity contribution in [1.29, 1.82) is 0 Å². The number of amides is 1. The van der Waals surface area contributed by atoms with Crippen molar-refractivity contribution in [2.75, 3.05) is 19.7 Å². The Labute approximate surface area is 159 Å². The van der Waals surface area contributed by atoms with Crippen molar-refractivity contribution in [1.82, 2.24) is 15.6 Å². The minimum atomic E-state index is -0.307. The summed E-state index contributed by atoms with van der Waals surface area (Å²) in [5.74, 6) is 0.0640. The Kier molecular flexibility index (Phi) is 5.23. The first-order valence-corrected chi connectivity index (χ1v) is 9.47. The number of H-pyrrole nitrogens is 1. The second-order valence-corrected chi connectivity index (χ2v) is 7.01. The van der Waals surface area contributed by atoms with E-state index in [1.807, 2.05) is 37.3 Å². The average molecular weight is 363 g/mol. The summed E-state index contributed by atoms with van der Waals surface area (Å²) in [5.41, 5.74) is 3.48. The predicted octanol–water partition coefficient (Wildman–Crippen LogP) is 2.79. The predicted molar refractivity (Wildman–Crippen MR) is 107 cm³/mol. The number of aromatic nitrogens is 1. The quantitative estimate of drug-likeness (QED) is 0.653. The van der Waals surface area contributed by atoms with Crippen LogP contribution in [0.3, 0.4) is 0 Å². The largest absolute Gasteiger partial charge is 0.375 e. The Morgan fingerprint density at radius 1 is 1.19 bits per heavy atom. The van der Waals surface area contributed by atoms with Crippen LogP contribution in [0.15, 0.2) is 60.8 Å². The standard InChI is InChI=1S/C22H25N3O2/c1-15-21(23-11-12-27-15)22(26)25-13-18(16-7-3-2-4-8-16)19-14-24-20-10-6-5-9-17(19)20/h2-10,14-15,18,21,23-24H,11-13H2,1H3,(H,25,26)/t15-,18?,21+/m1/s1. The maximum Gasteiger partial charge on any atom is 0.239 e. The third-order valence-electron chi connectivity index (χ3n) is 5.28. The van der Waals surface area contributed by atoms with Gasteiger partial charge in [0.1, 0.15) is 6.04 Å². The molecule has 1 aliphatic heterocycles. The van der Waals surface area contributed by atoms with Gasteiger partial charge in [0.25, 0.3) is 0 Å². The highest BCUT2D eigenvalue weighted by molar-refractivity contribution is 5.85. The minimum absolute atomic E-state index is 0.0111. The highest BCUT2D eigenvalue weighted by atomic mass is 16.5. The molecule has 1 unspecified atom stereocenters. The van der Waals surface area contributed by atoms with Gasteiger partial charge < -0.3 is 20.4 Å². The molecule has 0 aliphatic carbocycles. The van der Waals surface area contributed by atoms with Gasteiger partial charge in [0.2, 0.25) is 5.91 Å². The number of benzene rings is 2. The summed E-state index contributed by atoms with van der Waals surface area (Å²) >= 11 is 0. The molecule has 2 aromatic carbocycles. The van der Waals surface area contributed by atoms with Crippen LogP contribution in [0.5, 0.6) is 0 Å². The van der Waals surface area contributed by atoms with Crippen LogP contribution in [0.4, 0.5) is 0 Å². The number of rotatable bonds is 5. The maximum atomic E-state index is 12.7. The van der Waals surface area contributed by atoms with E-state index in [-0.39, 0.29) is 24.0 Å². The Balaban J connectivity index is 1.59. The van der Waals surface area contributed by atoms with Gasteiger partial charge in [0.05, 0.1) is 12.7 Å². The number of ether oxygens (including phenoxy) is 1.